The van der Waals surface area contributed by atoms with Crippen molar-refractivity contribution >= 4 is 5.57 Å². The Morgan fingerprint density at radius 2 is 1.50 bits per heavy atom. The first-order chi connectivity index (χ1) is 11.5. The van der Waals surface area contributed by atoms with E-state index in [2.05, 4.69) is 18.2 Å². The Morgan fingerprint density at radius 1 is 0.875 bits per heavy atom. The van der Waals surface area contributed by atoms with Crippen LogP contribution in [0.4, 0.5) is 0 Å². The van der Waals surface area contributed by atoms with Crippen molar-refractivity contribution in [1.29, 1.82) is 0 Å². The summed E-state index contributed by atoms with van der Waals surface area (Å²) in [5.74, 6) is 1.11. The standard InChI is InChI=1S/C20H22O2.C2H6/c1-13-10-17(6-8-19(13)21)15-4-3-5-16(12-15)18-7-9-20(22)14(2)11-18;1-2/h6-12,15,21-22H,3-5H2,1-2H3;1-2H3. The van der Waals surface area contributed by atoms with Crippen molar-refractivity contribution in [2.75, 3.05) is 0 Å². The van der Waals surface area contributed by atoms with Crippen molar-refractivity contribution in [1.82, 2.24) is 0 Å². The molecule has 1 aliphatic rings. The molecule has 2 N–H and O–H groups in total. The van der Waals surface area contributed by atoms with Crippen LogP contribution in [0.25, 0.3) is 5.57 Å². The van der Waals surface area contributed by atoms with E-state index in [1.807, 2.05) is 39.8 Å². The number of hydrogen-bond acceptors (Lipinski definition) is 2. The third-order valence-electron chi connectivity index (χ3n) is 4.58. The van der Waals surface area contributed by atoms with Crippen LogP contribution in [0.2, 0.25) is 0 Å². The number of aromatic hydroxyl groups is 2. The van der Waals surface area contributed by atoms with Crippen molar-refractivity contribution < 1.29 is 10.2 Å². The Hall–Kier alpha value is -2.22. The Balaban J connectivity index is 0.00000100. The minimum Gasteiger partial charge on any atom is -0.508 e. The van der Waals surface area contributed by atoms with Crippen molar-refractivity contribution in [2.24, 2.45) is 0 Å². The van der Waals surface area contributed by atoms with Crippen LogP contribution in [0.15, 0.2) is 42.5 Å². The molecule has 0 radical (unpaired) electrons. The third-order valence-corrected chi connectivity index (χ3v) is 4.58. The Morgan fingerprint density at radius 3 is 2.12 bits per heavy atom. The molecule has 2 aromatic rings. The predicted molar refractivity (Wildman–Crippen MR) is 102 cm³/mol. The van der Waals surface area contributed by atoms with Gasteiger partial charge in [0.05, 0.1) is 0 Å². The number of phenols is 2. The van der Waals surface area contributed by atoms with Gasteiger partial charge in [0.25, 0.3) is 0 Å². The fraction of sp³-hybridized carbons (Fsp3) is 0.364. The zero-order valence-corrected chi connectivity index (χ0v) is 15.1. The molecule has 1 aliphatic carbocycles. The molecule has 128 valence electrons. The molecule has 0 saturated heterocycles. The van der Waals surface area contributed by atoms with Gasteiger partial charge in [-0.25, -0.2) is 0 Å². The lowest BCUT2D eigenvalue weighted by Crippen LogP contribution is -2.03. The first-order valence-electron chi connectivity index (χ1n) is 8.85. The van der Waals surface area contributed by atoms with E-state index in [0.29, 0.717) is 17.4 Å². The van der Waals surface area contributed by atoms with E-state index in [1.165, 1.54) is 16.7 Å². The molecule has 0 spiro atoms. The summed E-state index contributed by atoms with van der Waals surface area (Å²) in [6.45, 7) is 7.87. The number of benzene rings is 2. The van der Waals surface area contributed by atoms with E-state index in [1.54, 1.807) is 12.1 Å². The number of phenolic OH excluding ortho intramolecular Hbond substituents is 2. The summed E-state index contributed by atoms with van der Waals surface area (Å²) >= 11 is 0. The van der Waals surface area contributed by atoms with Gasteiger partial charge in [0.15, 0.2) is 0 Å². The van der Waals surface area contributed by atoms with Crippen LogP contribution >= 0.6 is 0 Å². The highest BCUT2D eigenvalue weighted by molar-refractivity contribution is 5.68. The maximum Gasteiger partial charge on any atom is 0.118 e. The van der Waals surface area contributed by atoms with Crippen LogP contribution in [0.3, 0.4) is 0 Å². The summed E-state index contributed by atoms with van der Waals surface area (Å²) < 4.78 is 0. The highest BCUT2D eigenvalue weighted by atomic mass is 16.3. The number of hydrogen-bond donors (Lipinski definition) is 2. The van der Waals surface area contributed by atoms with Crippen molar-refractivity contribution in [3.05, 3.63) is 64.7 Å². The van der Waals surface area contributed by atoms with Gasteiger partial charge in [0.2, 0.25) is 0 Å². The molecule has 2 nitrogen and oxygen atoms in total. The molecule has 1 atom stereocenters. The van der Waals surface area contributed by atoms with Crippen molar-refractivity contribution in [2.45, 2.75) is 52.9 Å². The minimum atomic E-state index is 0.353. The smallest absolute Gasteiger partial charge is 0.118 e. The van der Waals surface area contributed by atoms with Gasteiger partial charge in [-0.05, 0) is 79.1 Å². The van der Waals surface area contributed by atoms with Gasteiger partial charge in [0.1, 0.15) is 11.5 Å². The summed E-state index contributed by atoms with van der Waals surface area (Å²) in [4.78, 5) is 0. The monoisotopic (exact) mass is 324 g/mol. The van der Waals surface area contributed by atoms with Crippen LogP contribution in [-0.4, -0.2) is 10.2 Å². The fourth-order valence-corrected chi connectivity index (χ4v) is 3.19. The predicted octanol–water partition coefficient (Wildman–Crippen LogP) is 6.09. The highest BCUT2D eigenvalue weighted by Gasteiger charge is 2.17. The molecule has 2 aromatic carbocycles. The van der Waals surface area contributed by atoms with Gasteiger partial charge < -0.3 is 10.2 Å². The van der Waals surface area contributed by atoms with E-state index in [9.17, 15) is 10.2 Å². The lowest BCUT2D eigenvalue weighted by atomic mass is 9.83. The SMILES string of the molecule is CC.Cc1cc(C2=CC(c3ccc(O)c(C)c3)CCC2)ccc1O. The van der Waals surface area contributed by atoms with Gasteiger partial charge in [-0.2, -0.15) is 0 Å². The molecule has 0 amide bonds. The molecule has 0 fully saturated rings. The zero-order valence-electron chi connectivity index (χ0n) is 15.1. The number of allylic oxidation sites excluding steroid dienone is 2. The van der Waals surface area contributed by atoms with Gasteiger partial charge in [-0.1, -0.05) is 38.1 Å². The molecule has 0 heterocycles. The fourth-order valence-electron chi connectivity index (χ4n) is 3.19. The first-order valence-corrected chi connectivity index (χ1v) is 8.85. The van der Waals surface area contributed by atoms with E-state index in [4.69, 9.17) is 0 Å². The van der Waals surface area contributed by atoms with Crippen LogP contribution in [0, 0.1) is 13.8 Å². The third kappa shape index (κ3) is 4.00. The van der Waals surface area contributed by atoms with Crippen LogP contribution in [-0.2, 0) is 0 Å². The summed E-state index contributed by atoms with van der Waals surface area (Å²) in [7, 11) is 0. The molecule has 24 heavy (non-hydrogen) atoms. The maximum atomic E-state index is 9.69. The Bertz CT molecular complexity index is 729. The van der Waals surface area contributed by atoms with Crippen LogP contribution in [0.5, 0.6) is 11.5 Å². The normalized spacial score (nSPS) is 16.8. The molecule has 3 rings (SSSR count). The lowest BCUT2D eigenvalue weighted by molar-refractivity contribution is 0.470. The van der Waals surface area contributed by atoms with E-state index >= 15 is 0 Å². The van der Waals surface area contributed by atoms with Crippen molar-refractivity contribution in [3.8, 4) is 11.5 Å². The molecule has 0 bridgehead atoms. The molecule has 0 saturated carbocycles. The second-order valence-corrected chi connectivity index (χ2v) is 6.24. The second-order valence-electron chi connectivity index (χ2n) is 6.24. The van der Waals surface area contributed by atoms with Crippen molar-refractivity contribution in [3.63, 3.8) is 0 Å². The molecule has 2 heteroatoms. The first kappa shape index (κ1) is 18.1. The average molecular weight is 324 g/mol. The topological polar surface area (TPSA) is 40.5 Å². The average Bonchev–Trinajstić information content (AvgIpc) is 2.61. The van der Waals surface area contributed by atoms with Gasteiger partial charge in [-0.3, -0.25) is 0 Å². The highest BCUT2D eigenvalue weighted by Crippen LogP contribution is 2.37. The van der Waals surface area contributed by atoms with E-state index in [-0.39, 0.29) is 0 Å². The Kier molecular flexibility index (Phi) is 6.08. The lowest BCUT2D eigenvalue weighted by Gasteiger charge is -2.22. The van der Waals surface area contributed by atoms with E-state index < -0.39 is 0 Å². The molecular formula is C22H28O2. The van der Waals surface area contributed by atoms with E-state index in [0.717, 1.165) is 30.4 Å². The molecule has 0 aliphatic heterocycles. The van der Waals surface area contributed by atoms with Crippen LogP contribution in [0.1, 0.15) is 61.3 Å². The summed E-state index contributed by atoms with van der Waals surface area (Å²) in [5.41, 5.74) is 5.67. The van der Waals surface area contributed by atoms with Gasteiger partial charge in [0, 0.05) is 5.92 Å². The Labute approximate surface area is 145 Å². The summed E-state index contributed by atoms with van der Waals surface area (Å²) in [6.07, 6.45) is 5.74. The van der Waals surface area contributed by atoms with Crippen LogP contribution < -0.4 is 0 Å². The molecular weight excluding hydrogens is 296 g/mol. The number of rotatable bonds is 2. The molecule has 1 unspecified atom stereocenters. The number of aryl methyl sites for hydroxylation is 2. The largest absolute Gasteiger partial charge is 0.508 e. The minimum absolute atomic E-state index is 0.353. The van der Waals surface area contributed by atoms with Gasteiger partial charge >= 0.3 is 0 Å². The maximum absolute atomic E-state index is 9.69. The zero-order chi connectivity index (χ0) is 17.7. The quantitative estimate of drug-likeness (QED) is 0.701. The summed E-state index contributed by atoms with van der Waals surface area (Å²) in [6, 6.07) is 11.7. The molecule has 0 aromatic heterocycles. The van der Waals surface area contributed by atoms with Gasteiger partial charge in [-0.15, -0.1) is 0 Å². The second kappa shape index (κ2) is 8.05. The summed E-state index contributed by atoms with van der Waals surface area (Å²) in [5, 5.41) is 19.4.